The van der Waals surface area contributed by atoms with Crippen LogP contribution >= 0.6 is 0 Å². The smallest absolute Gasteiger partial charge is 0.0703 e. The maximum absolute atomic E-state index is 2.59. The minimum absolute atomic E-state index is 1.10. The number of para-hydroxylation sites is 4. The van der Waals surface area contributed by atoms with Crippen LogP contribution in [0.4, 0.5) is 0 Å². The van der Waals surface area contributed by atoms with Gasteiger partial charge in [0.15, 0.2) is 0 Å². The maximum atomic E-state index is 2.59. The lowest BCUT2D eigenvalue weighted by Gasteiger charge is -2.20. The number of benzene rings is 11. The van der Waals surface area contributed by atoms with Crippen LogP contribution in [0.1, 0.15) is 0 Å². The fraction of sp³-hybridized carbons (Fsp3) is 0. The summed E-state index contributed by atoms with van der Waals surface area (Å²) in [5.74, 6) is 0. The van der Waals surface area contributed by atoms with Crippen molar-refractivity contribution in [3.05, 3.63) is 267 Å². The van der Waals surface area contributed by atoms with Crippen LogP contribution in [0.15, 0.2) is 267 Å². The first-order valence-electron chi connectivity index (χ1n) is 23.4. The lowest BCUT2D eigenvalue weighted by molar-refractivity contribution is 1.10. The van der Waals surface area contributed by atoms with E-state index in [0.717, 1.165) is 33.5 Å². The van der Waals surface area contributed by atoms with Gasteiger partial charge < -0.3 is 9.13 Å². The van der Waals surface area contributed by atoms with Crippen molar-refractivity contribution < 1.29 is 0 Å². The molecule has 2 heterocycles. The van der Waals surface area contributed by atoms with Gasteiger partial charge in [-0.15, -0.1) is 0 Å². The number of hydrogen-bond donors (Lipinski definition) is 0. The second-order valence-electron chi connectivity index (χ2n) is 17.6. The summed E-state index contributed by atoms with van der Waals surface area (Å²) in [4.78, 5) is 0. The normalized spacial score (nSPS) is 11.5. The molecule has 0 bridgehead atoms. The van der Waals surface area contributed by atoms with Gasteiger partial charge in [-0.25, -0.2) is 0 Å². The molecule has 318 valence electrons. The van der Waals surface area contributed by atoms with Gasteiger partial charge in [0.1, 0.15) is 0 Å². The van der Waals surface area contributed by atoms with E-state index < -0.39 is 0 Å². The van der Waals surface area contributed by atoms with Crippen LogP contribution in [-0.4, -0.2) is 9.13 Å². The third-order valence-corrected chi connectivity index (χ3v) is 13.7. The minimum atomic E-state index is 1.10. The number of nitrogens with zero attached hydrogens (tertiary/aromatic N) is 2. The zero-order valence-corrected chi connectivity index (χ0v) is 37.3. The summed E-state index contributed by atoms with van der Waals surface area (Å²) in [7, 11) is 0. The van der Waals surface area contributed by atoms with E-state index in [9.17, 15) is 0 Å². The molecular formula is C66H44N2. The van der Waals surface area contributed by atoms with Crippen LogP contribution in [0.25, 0.3) is 122 Å². The van der Waals surface area contributed by atoms with Crippen molar-refractivity contribution in [1.29, 1.82) is 0 Å². The molecule has 0 aliphatic carbocycles. The monoisotopic (exact) mass is 864 g/mol. The highest BCUT2D eigenvalue weighted by Gasteiger charge is 2.26. The summed E-state index contributed by atoms with van der Waals surface area (Å²) in [5.41, 5.74) is 21.0. The SMILES string of the molecule is c1ccc(-c2ccccc2-c2cc(-c3ccccc3)c3c(c2)c2cc(-c4ccccc4-c4ccccc4)cc(-c4ccccc4)c2n3-c2ccccc2-n2c3ccccc3c3ccccc32)cc1. The lowest BCUT2D eigenvalue weighted by atomic mass is 9.89. The number of rotatable bonds is 8. The predicted molar refractivity (Wildman–Crippen MR) is 288 cm³/mol. The Morgan fingerprint density at radius 3 is 0.882 bits per heavy atom. The predicted octanol–water partition coefficient (Wildman–Crippen LogP) is 17.9. The molecule has 0 unspecified atom stereocenters. The van der Waals surface area contributed by atoms with Gasteiger partial charge in [0.2, 0.25) is 0 Å². The number of fused-ring (bicyclic) bond motifs is 6. The standard InChI is InChI=1S/C66H44N2/c1-5-23-45(24-6-1)51-31-13-15-33-53(51)49-41-57(47-27-9-3-10-28-47)65-59(43-49)60-44-50(54-34-16-14-32-52(54)46-25-7-2-8-26-46)42-58(48-29-11-4-12-30-48)66(60)68(65)64-40-22-21-39-63(64)67-61-37-19-17-35-55(61)56-36-18-20-38-62(56)67/h1-44H. The van der Waals surface area contributed by atoms with E-state index in [0.29, 0.717) is 0 Å². The molecule has 2 aromatic heterocycles. The Morgan fingerprint density at radius 2 is 0.485 bits per heavy atom. The van der Waals surface area contributed by atoms with E-state index in [1.54, 1.807) is 0 Å². The van der Waals surface area contributed by atoms with Crippen LogP contribution < -0.4 is 0 Å². The molecule has 0 fully saturated rings. The van der Waals surface area contributed by atoms with Gasteiger partial charge in [-0.2, -0.15) is 0 Å². The lowest BCUT2D eigenvalue weighted by Crippen LogP contribution is -2.04. The van der Waals surface area contributed by atoms with Crippen molar-refractivity contribution in [2.24, 2.45) is 0 Å². The molecule has 0 spiro atoms. The first-order chi connectivity index (χ1) is 33.8. The van der Waals surface area contributed by atoms with E-state index in [1.807, 2.05) is 0 Å². The summed E-state index contributed by atoms with van der Waals surface area (Å²) < 4.78 is 5.06. The Kier molecular flexibility index (Phi) is 9.54. The zero-order chi connectivity index (χ0) is 45.0. The molecule has 0 aliphatic rings. The summed E-state index contributed by atoms with van der Waals surface area (Å²) in [6.45, 7) is 0. The highest BCUT2D eigenvalue weighted by atomic mass is 15.1. The molecule has 2 nitrogen and oxygen atoms in total. The van der Waals surface area contributed by atoms with Gasteiger partial charge in [0.25, 0.3) is 0 Å². The van der Waals surface area contributed by atoms with Crippen molar-refractivity contribution in [3.63, 3.8) is 0 Å². The molecule has 13 rings (SSSR count). The largest absolute Gasteiger partial charge is 0.307 e. The first kappa shape index (κ1) is 39.4. The van der Waals surface area contributed by atoms with Gasteiger partial charge in [-0.05, 0) is 104 Å². The quantitative estimate of drug-likeness (QED) is 0.144. The third kappa shape index (κ3) is 6.49. The van der Waals surface area contributed by atoms with E-state index >= 15 is 0 Å². The Morgan fingerprint density at radius 1 is 0.191 bits per heavy atom. The van der Waals surface area contributed by atoms with Crippen LogP contribution in [0.5, 0.6) is 0 Å². The molecule has 0 N–H and O–H groups in total. The van der Waals surface area contributed by atoms with Gasteiger partial charge in [-0.3, -0.25) is 0 Å². The second-order valence-corrected chi connectivity index (χ2v) is 17.6. The molecule has 0 saturated heterocycles. The molecule has 2 heteroatoms. The van der Waals surface area contributed by atoms with Gasteiger partial charge in [0, 0.05) is 32.7 Å². The fourth-order valence-electron chi connectivity index (χ4n) is 10.7. The van der Waals surface area contributed by atoms with Crippen molar-refractivity contribution in [3.8, 4) is 78.1 Å². The molecular weight excluding hydrogens is 821 g/mol. The molecule has 13 aromatic rings. The molecule has 68 heavy (non-hydrogen) atoms. The first-order valence-corrected chi connectivity index (χ1v) is 23.4. The molecule has 0 radical (unpaired) electrons. The maximum Gasteiger partial charge on any atom is 0.0703 e. The summed E-state index contributed by atoms with van der Waals surface area (Å²) in [6, 6.07) is 97.7. The van der Waals surface area contributed by atoms with E-state index in [2.05, 4.69) is 276 Å². The van der Waals surface area contributed by atoms with E-state index in [-0.39, 0.29) is 0 Å². The zero-order valence-electron chi connectivity index (χ0n) is 37.3. The summed E-state index contributed by atoms with van der Waals surface area (Å²) >= 11 is 0. The van der Waals surface area contributed by atoms with Crippen LogP contribution in [0.3, 0.4) is 0 Å². The average Bonchev–Trinajstić information content (AvgIpc) is 3.94. The Labute approximate surface area is 395 Å². The molecule has 0 amide bonds. The van der Waals surface area contributed by atoms with Gasteiger partial charge in [0.05, 0.1) is 33.4 Å². The summed E-state index contributed by atoms with van der Waals surface area (Å²) in [6.07, 6.45) is 0. The second kappa shape index (κ2) is 16.5. The van der Waals surface area contributed by atoms with Crippen molar-refractivity contribution >= 4 is 43.6 Å². The van der Waals surface area contributed by atoms with Crippen LogP contribution in [-0.2, 0) is 0 Å². The molecule has 11 aromatic carbocycles. The Bertz CT molecular complexity index is 3760. The minimum Gasteiger partial charge on any atom is -0.307 e. The van der Waals surface area contributed by atoms with Crippen molar-refractivity contribution in [2.75, 3.05) is 0 Å². The van der Waals surface area contributed by atoms with Gasteiger partial charge >= 0.3 is 0 Å². The van der Waals surface area contributed by atoms with Crippen LogP contribution in [0.2, 0.25) is 0 Å². The van der Waals surface area contributed by atoms with E-state index in [1.165, 1.54) is 88.2 Å². The van der Waals surface area contributed by atoms with E-state index in [4.69, 9.17) is 0 Å². The van der Waals surface area contributed by atoms with Crippen LogP contribution in [0, 0.1) is 0 Å². The molecule has 0 atom stereocenters. The molecule has 0 saturated carbocycles. The van der Waals surface area contributed by atoms with Crippen molar-refractivity contribution in [1.82, 2.24) is 9.13 Å². The molecule has 0 aliphatic heterocycles. The Balaban J connectivity index is 1.23. The Hall–Kier alpha value is -8.98. The highest BCUT2D eigenvalue weighted by Crippen LogP contribution is 2.48. The third-order valence-electron chi connectivity index (χ3n) is 13.7. The number of aromatic nitrogens is 2. The number of hydrogen-bond acceptors (Lipinski definition) is 0. The summed E-state index contributed by atoms with van der Waals surface area (Å²) in [5, 5.41) is 4.84. The highest BCUT2D eigenvalue weighted by molar-refractivity contribution is 6.20. The van der Waals surface area contributed by atoms with Gasteiger partial charge in [-0.1, -0.05) is 218 Å². The fourth-order valence-corrected chi connectivity index (χ4v) is 10.7. The van der Waals surface area contributed by atoms with Crippen molar-refractivity contribution in [2.45, 2.75) is 0 Å². The topological polar surface area (TPSA) is 9.86 Å². The average molecular weight is 865 g/mol.